The average molecular weight is 194 g/mol. The van der Waals surface area contributed by atoms with E-state index >= 15 is 0 Å². The second-order valence-corrected chi connectivity index (χ2v) is 6.46. The number of ketones is 1. The van der Waals surface area contributed by atoms with Crippen LogP contribution in [0, 0.1) is 16.7 Å². The van der Waals surface area contributed by atoms with Gasteiger partial charge in [-0.3, -0.25) is 4.79 Å². The summed E-state index contributed by atoms with van der Waals surface area (Å²) in [4.78, 5) is 11.5. The molecule has 80 valence electrons. The van der Waals surface area contributed by atoms with Gasteiger partial charge in [0.2, 0.25) is 0 Å². The van der Waals surface area contributed by atoms with Crippen molar-refractivity contribution in [3.05, 3.63) is 0 Å². The molecule has 0 bridgehead atoms. The van der Waals surface area contributed by atoms with Crippen LogP contribution in [-0.2, 0) is 4.79 Å². The number of carbonyl (C=O) groups excluding carboxylic acids is 1. The molecule has 1 heteroatoms. The molecular weight excluding hydrogens is 172 g/mol. The molecule has 2 fully saturated rings. The van der Waals surface area contributed by atoms with Crippen molar-refractivity contribution < 1.29 is 4.79 Å². The van der Waals surface area contributed by atoms with E-state index in [1.54, 1.807) is 0 Å². The van der Waals surface area contributed by atoms with Crippen LogP contribution < -0.4 is 0 Å². The van der Waals surface area contributed by atoms with E-state index in [9.17, 15) is 4.79 Å². The summed E-state index contributed by atoms with van der Waals surface area (Å²) >= 11 is 0. The molecular formula is C13H22O. The number of hydrogen-bond acceptors (Lipinski definition) is 1. The van der Waals surface area contributed by atoms with Gasteiger partial charge in [-0.25, -0.2) is 0 Å². The molecule has 0 heterocycles. The number of carbonyl (C=O) groups is 1. The molecule has 2 aliphatic carbocycles. The van der Waals surface area contributed by atoms with Crippen LogP contribution in [0.2, 0.25) is 0 Å². The minimum Gasteiger partial charge on any atom is -0.300 e. The normalized spacial score (nSPS) is 41.9. The quantitative estimate of drug-likeness (QED) is 0.576. The van der Waals surface area contributed by atoms with Crippen molar-refractivity contribution >= 4 is 5.78 Å². The van der Waals surface area contributed by atoms with Gasteiger partial charge >= 0.3 is 0 Å². The van der Waals surface area contributed by atoms with Gasteiger partial charge in [-0.15, -0.1) is 0 Å². The maximum absolute atomic E-state index is 11.5. The summed E-state index contributed by atoms with van der Waals surface area (Å²) < 4.78 is 0. The van der Waals surface area contributed by atoms with Gasteiger partial charge in [0.05, 0.1) is 0 Å². The predicted octanol–water partition coefficient (Wildman–Crippen LogP) is 3.57. The van der Waals surface area contributed by atoms with Crippen molar-refractivity contribution in [2.24, 2.45) is 16.7 Å². The van der Waals surface area contributed by atoms with E-state index in [-0.39, 0.29) is 0 Å². The lowest BCUT2D eigenvalue weighted by molar-refractivity contribution is -0.127. The topological polar surface area (TPSA) is 17.1 Å². The molecule has 0 aromatic rings. The highest BCUT2D eigenvalue weighted by Crippen LogP contribution is 2.54. The van der Waals surface area contributed by atoms with Crippen LogP contribution in [-0.4, -0.2) is 5.78 Å². The van der Waals surface area contributed by atoms with Gasteiger partial charge in [0.15, 0.2) is 0 Å². The Morgan fingerprint density at radius 3 is 2.57 bits per heavy atom. The standard InChI is InChI=1S/C13H22O/c1-12(2)6-7-13(3)5-4-11(14)8-10(13)9-12/h10H,4-9H2,1-3H3/t10-,13+/m0/s1. The zero-order valence-electron chi connectivity index (χ0n) is 9.73. The first kappa shape index (κ1) is 10.2. The van der Waals surface area contributed by atoms with Crippen molar-refractivity contribution in [1.82, 2.24) is 0 Å². The van der Waals surface area contributed by atoms with Crippen LogP contribution in [0.15, 0.2) is 0 Å². The minimum atomic E-state index is 0.474. The molecule has 2 rings (SSSR count). The third kappa shape index (κ3) is 1.74. The van der Waals surface area contributed by atoms with Gasteiger partial charge in [-0.05, 0) is 42.4 Å². The fourth-order valence-electron chi connectivity index (χ4n) is 3.29. The van der Waals surface area contributed by atoms with Crippen LogP contribution in [0.1, 0.15) is 59.3 Å². The fourth-order valence-corrected chi connectivity index (χ4v) is 3.29. The van der Waals surface area contributed by atoms with Gasteiger partial charge in [-0.2, -0.15) is 0 Å². The first-order valence-corrected chi connectivity index (χ1v) is 5.93. The Bertz CT molecular complexity index is 254. The van der Waals surface area contributed by atoms with E-state index in [4.69, 9.17) is 0 Å². The first-order valence-electron chi connectivity index (χ1n) is 5.93. The highest BCUT2D eigenvalue weighted by Gasteiger charge is 2.45. The third-order valence-electron chi connectivity index (χ3n) is 4.61. The van der Waals surface area contributed by atoms with Gasteiger partial charge in [0.25, 0.3) is 0 Å². The van der Waals surface area contributed by atoms with Crippen LogP contribution in [0.4, 0.5) is 0 Å². The fraction of sp³-hybridized carbons (Fsp3) is 0.923. The van der Waals surface area contributed by atoms with Gasteiger partial charge in [0, 0.05) is 12.8 Å². The Hall–Kier alpha value is -0.330. The molecule has 0 saturated heterocycles. The maximum atomic E-state index is 11.5. The Labute approximate surface area is 87.3 Å². The van der Waals surface area contributed by atoms with Gasteiger partial charge in [0.1, 0.15) is 5.78 Å². The van der Waals surface area contributed by atoms with Crippen molar-refractivity contribution in [2.45, 2.75) is 59.3 Å². The number of Topliss-reactive ketones (excluding diaryl/α,β-unsaturated/α-hetero) is 1. The molecule has 0 aromatic heterocycles. The second kappa shape index (κ2) is 3.08. The molecule has 0 spiro atoms. The van der Waals surface area contributed by atoms with Gasteiger partial charge in [-0.1, -0.05) is 20.8 Å². The summed E-state index contributed by atoms with van der Waals surface area (Å²) in [7, 11) is 0. The van der Waals surface area contributed by atoms with E-state index < -0.39 is 0 Å². The molecule has 0 aliphatic heterocycles. The summed E-state index contributed by atoms with van der Waals surface area (Å²) in [6.07, 6.45) is 6.78. The van der Waals surface area contributed by atoms with Crippen LogP contribution in [0.5, 0.6) is 0 Å². The zero-order valence-corrected chi connectivity index (χ0v) is 9.73. The molecule has 0 radical (unpaired) electrons. The Kier molecular flexibility index (Phi) is 2.24. The Balaban J connectivity index is 2.15. The molecule has 0 amide bonds. The van der Waals surface area contributed by atoms with Gasteiger partial charge < -0.3 is 0 Å². The summed E-state index contributed by atoms with van der Waals surface area (Å²) in [5.74, 6) is 1.18. The summed E-state index contributed by atoms with van der Waals surface area (Å²) in [6, 6.07) is 0. The summed E-state index contributed by atoms with van der Waals surface area (Å²) in [5, 5.41) is 0. The summed E-state index contributed by atoms with van der Waals surface area (Å²) in [6.45, 7) is 7.11. The molecule has 1 nitrogen and oxygen atoms in total. The van der Waals surface area contributed by atoms with Crippen molar-refractivity contribution in [3.63, 3.8) is 0 Å². The van der Waals surface area contributed by atoms with Crippen molar-refractivity contribution in [3.8, 4) is 0 Å². The summed E-state index contributed by atoms with van der Waals surface area (Å²) in [5.41, 5.74) is 0.964. The Morgan fingerprint density at radius 1 is 1.14 bits per heavy atom. The smallest absolute Gasteiger partial charge is 0.133 e. The molecule has 2 atom stereocenters. The minimum absolute atomic E-state index is 0.474. The lowest BCUT2D eigenvalue weighted by Crippen LogP contribution is -2.41. The van der Waals surface area contributed by atoms with E-state index in [0.717, 1.165) is 19.3 Å². The molecule has 2 saturated carbocycles. The van der Waals surface area contributed by atoms with E-state index in [1.165, 1.54) is 19.3 Å². The highest BCUT2D eigenvalue weighted by atomic mass is 16.1. The predicted molar refractivity (Wildman–Crippen MR) is 58.1 cm³/mol. The van der Waals surface area contributed by atoms with Crippen molar-refractivity contribution in [1.29, 1.82) is 0 Å². The second-order valence-electron chi connectivity index (χ2n) is 6.46. The molecule has 2 aliphatic rings. The van der Waals surface area contributed by atoms with Crippen LogP contribution >= 0.6 is 0 Å². The molecule has 0 aromatic carbocycles. The molecule has 14 heavy (non-hydrogen) atoms. The monoisotopic (exact) mass is 194 g/mol. The number of hydrogen-bond donors (Lipinski definition) is 0. The average Bonchev–Trinajstić information content (AvgIpc) is 2.08. The first-order chi connectivity index (χ1) is 6.41. The number of rotatable bonds is 0. The Morgan fingerprint density at radius 2 is 1.86 bits per heavy atom. The highest BCUT2D eigenvalue weighted by molar-refractivity contribution is 5.79. The van der Waals surface area contributed by atoms with Crippen LogP contribution in [0.3, 0.4) is 0 Å². The van der Waals surface area contributed by atoms with E-state index in [1.807, 2.05) is 0 Å². The van der Waals surface area contributed by atoms with E-state index in [2.05, 4.69) is 20.8 Å². The lowest BCUT2D eigenvalue weighted by Gasteiger charge is -2.50. The van der Waals surface area contributed by atoms with Crippen LogP contribution in [0.25, 0.3) is 0 Å². The maximum Gasteiger partial charge on any atom is 0.133 e. The molecule has 0 unspecified atom stereocenters. The zero-order chi connectivity index (χ0) is 10.4. The number of fused-ring (bicyclic) bond motifs is 1. The van der Waals surface area contributed by atoms with E-state index in [0.29, 0.717) is 22.5 Å². The third-order valence-corrected chi connectivity index (χ3v) is 4.61. The lowest BCUT2D eigenvalue weighted by atomic mass is 9.55. The van der Waals surface area contributed by atoms with Crippen molar-refractivity contribution in [2.75, 3.05) is 0 Å². The molecule has 0 N–H and O–H groups in total. The SMILES string of the molecule is CC1(C)CC[C@@]2(C)CCC(=O)C[C@H]2C1. The largest absolute Gasteiger partial charge is 0.300 e.